The zero-order valence-corrected chi connectivity index (χ0v) is 5.03. The number of rotatable bonds is 0. The van der Waals surface area contributed by atoms with Crippen LogP contribution in [-0.2, 0) is 0 Å². The van der Waals surface area contributed by atoms with Crippen LogP contribution in [0, 0.1) is 0 Å². The molecule has 18 valence electrons. The van der Waals surface area contributed by atoms with Crippen LogP contribution in [0.4, 0.5) is 0 Å². The van der Waals surface area contributed by atoms with Crippen LogP contribution < -0.4 is 0 Å². The Morgan fingerprint density at radius 1 is 2.00 bits per heavy atom. The first kappa shape index (κ1) is 5.16. The Bertz CT molecular complexity index is 21.2. The van der Waals surface area contributed by atoms with Gasteiger partial charge in [0.05, 0.1) is 0 Å². The average Bonchev–Trinajstić information content (AvgIpc) is 1.37. The molecular weight excluding hydrogens is 180 g/mol. The van der Waals surface area contributed by atoms with Crippen molar-refractivity contribution < 1.29 is 0 Å². The van der Waals surface area contributed by atoms with Gasteiger partial charge >= 0.3 is 42.4 Å². The van der Waals surface area contributed by atoms with Crippen molar-refractivity contribution in [3.05, 3.63) is 0 Å². The molecule has 0 saturated heterocycles. The molecule has 0 aromatic heterocycles. The molecule has 0 aliphatic carbocycles. The van der Waals surface area contributed by atoms with Crippen molar-refractivity contribution in [1.29, 1.82) is 0 Å². The Labute approximate surface area is 42.6 Å². The van der Waals surface area contributed by atoms with E-state index < -0.39 is 0 Å². The van der Waals surface area contributed by atoms with E-state index in [0.29, 0.717) is 0 Å². The normalized spacial score (nSPS) is 7.25. The van der Waals surface area contributed by atoms with Gasteiger partial charge in [-0.05, 0) is 0 Å². The summed E-state index contributed by atoms with van der Waals surface area (Å²) in [5.41, 5.74) is 0. The van der Waals surface area contributed by atoms with Gasteiger partial charge in [-0.3, -0.25) is 0 Å². The third-order valence-corrected chi connectivity index (χ3v) is 1.13. The number of hydrogen-bond donors (Lipinski definition) is 0. The van der Waals surface area contributed by atoms with Gasteiger partial charge in [-0.1, -0.05) is 0 Å². The molecule has 0 N–H and O–H groups in total. The fraction of sp³-hybridized carbons (Fsp3) is 0. The molecule has 0 aromatic rings. The van der Waals surface area contributed by atoms with Crippen LogP contribution in [0.15, 0.2) is 0 Å². The summed E-state index contributed by atoms with van der Waals surface area (Å²) in [6.45, 7) is 0. The molecule has 0 fully saturated rings. The molecule has 4 heteroatoms. The molecule has 2 radical (unpaired) electrons. The molecule has 0 aromatic carbocycles. The average molecular weight is 180 g/mol. The van der Waals surface area contributed by atoms with Crippen LogP contribution in [0.2, 0.25) is 0 Å². The molecule has 0 amide bonds. The summed E-state index contributed by atoms with van der Waals surface area (Å²) in [4.78, 5) is 0. The SMILES string of the molecule is [B]P=BI. The Morgan fingerprint density at radius 2 is 2.25 bits per heavy atom. The van der Waals surface area contributed by atoms with Crippen molar-refractivity contribution >= 4 is 42.4 Å². The third-order valence-electron chi connectivity index (χ3n) is 0.0563. The standard InChI is InChI=1S/B2IP/c1-4-2-3. The van der Waals surface area contributed by atoms with E-state index in [0.717, 1.165) is 7.95 Å². The summed E-state index contributed by atoms with van der Waals surface area (Å²) in [5, 5.41) is 0. The third kappa shape index (κ3) is 3.16. The van der Waals surface area contributed by atoms with Gasteiger partial charge in [-0.25, -0.2) is 0 Å². The number of halogens is 1. The Balaban J connectivity index is 2.55. The van der Waals surface area contributed by atoms with E-state index in [1.54, 1.807) is 0 Å². The van der Waals surface area contributed by atoms with E-state index in [-0.39, 0.29) is 0 Å². The van der Waals surface area contributed by atoms with Crippen LogP contribution in [-0.4, -0.2) is 12.0 Å². The first-order valence-electron chi connectivity index (χ1n) is 0.735. The molecule has 0 heterocycles. The fourth-order valence-corrected chi connectivity index (χ4v) is 0. The van der Waals surface area contributed by atoms with Gasteiger partial charge in [-0.2, -0.15) is 0 Å². The Morgan fingerprint density at radius 3 is 2.25 bits per heavy atom. The van der Waals surface area contributed by atoms with Crippen molar-refractivity contribution in [3.8, 4) is 0 Å². The topological polar surface area (TPSA) is 0 Å². The van der Waals surface area contributed by atoms with Gasteiger partial charge in [0.25, 0.3) is 0 Å². The van der Waals surface area contributed by atoms with E-state index in [4.69, 9.17) is 7.57 Å². The first-order chi connectivity index (χ1) is 1.91. The molecule has 0 spiro atoms. The molecule has 0 rings (SSSR count). The van der Waals surface area contributed by atoms with Crippen LogP contribution in [0.1, 0.15) is 0 Å². The Hall–Kier alpha value is 1.16. The minimum atomic E-state index is 0.860. The zero-order chi connectivity index (χ0) is 3.41. The number of hydrogen-bond acceptors (Lipinski definition) is 0. The summed E-state index contributed by atoms with van der Waals surface area (Å²) in [6, 6.07) is 0. The van der Waals surface area contributed by atoms with Gasteiger partial charge in [0.15, 0.2) is 0 Å². The predicted octanol–water partition coefficient (Wildman–Crippen LogP) is 0.985. The van der Waals surface area contributed by atoms with Crippen molar-refractivity contribution in [1.82, 2.24) is 0 Å². The Kier molecular flexibility index (Phi) is 5.37. The van der Waals surface area contributed by atoms with Gasteiger partial charge in [0.1, 0.15) is 0 Å². The zero-order valence-electron chi connectivity index (χ0n) is 1.98. The summed E-state index contributed by atoms with van der Waals surface area (Å²) >= 11 is 2.09. The second kappa shape index (κ2) is 4.16. The second-order valence-corrected chi connectivity index (χ2v) is 2.41. The van der Waals surface area contributed by atoms with Crippen molar-refractivity contribution in [2.75, 3.05) is 0 Å². The maximum absolute atomic E-state index is 4.94. The summed E-state index contributed by atoms with van der Waals surface area (Å²) in [6.07, 6.45) is 0. The summed E-state index contributed by atoms with van der Waals surface area (Å²) in [7, 11) is 5.80. The van der Waals surface area contributed by atoms with E-state index in [9.17, 15) is 0 Å². The van der Waals surface area contributed by atoms with E-state index in [1.165, 1.54) is 0 Å². The van der Waals surface area contributed by atoms with Crippen LogP contribution in [0.25, 0.3) is 0 Å². The van der Waals surface area contributed by atoms with Crippen molar-refractivity contribution in [2.45, 2.75) is 0 Å². The fourth-order valence-electron chi connectivity index (χ4n) is 0. The molecule has 0 aliphatic rings. The quantitative estimate of drug-likeness (QED) is 0.296. The van der Waals surface area contributed by atoms with E-state index in [2.05, 4.69) is 22.4 Å². The van der Waals surface area contributed by atoms with Crippen LogP contribution in [0.3, 0.4) is 0 Å². The van der Waals surface area contributed by atoms with Gasteiger partial charge in [0, 0.05) is 0 Å². The first-order valence-corrected chi connectivity index (χ1v) is 3.01. The molecular formula is B2IP. The van der Waals surface area contributed by atoms with E-state index in [1.807, 2.05) is 4.47 Å². The van der Waals surface area contributed by atoms with E-state index >= 15 is 0 Å². The van der Waals surface area contributed by atoms with Crippen LogP contribution in [0.5, 0.6) is 0 Å². The molecule has 4 heavy (non-hydrogen) atoms. The molecule has 0 atom stereocenters. The van der Waals surface area contributed by atoms with Gasteiger partial charge in [-0.15, -0.1) is 0 Å². The monoisotopic (exact) mass is 180 g/mol. The summed E-state index contributed by atoms with van der Waals surface area (Å²) in [5.74, 6) is 0. The van der Waals surface area contributed by atoms with Gasteiger partial charge < -0.3 is 0 Å². The predicted molar refractivity (Wildman–Crippen MR) is 32.4 cm³/mol. The second-order valence-electron chi connectivity index (χ2n) is 0.247. The maximum atomic E-state index is 4.94. The molecule has 0 bridgehead atoms. The molecule has 0 nitrogen and oxygen atoms in total. The minimum absolute atomic E-state index is 0.860. The molecule has 0 unspecified atom stereocenters. The van der Waals surface area contributed by atoms with Crippen LogP contribution >= 0.6 is 30.3 Å². The van der Waals surface area contributed by atoms with Gasteiger partial charge in [0.2, 0.25) is 0 Å². The molecule has 0 saturated carbocycles. The van der Waals surface area contributed by atoms with Crippen molar-refractivity contribution in [2.24, 2.45) is 0 Å². The summed E-state index contributed by atoms with van der Waals surface area (Å²) < 4.78 is 1.84. The van der Waals surface area contributed by atoms with Crippen molar-refractivity contribution in [3.63, 3.8) is 0 Å². The molecule has 0 aliphatic heterocycles.